The van der Waals surface area contributed by atoms with Crippen LogP contribution in [0.1, 0.15) is 31.1 Å². The topological polar surface area (TPSA) is 60.1 Å². The standard InChI is InChI=1S/C25H33N5O2/c1-16(2)32-24-10-8-7-9-19(24)25(31)27-20-13-22-23(29(6)18(4)28(22)5)14-21(20)30-12-11-26-15-17(30)3/h7-10,13-14,16-17,26H,4,11-12,15H2,1-3,5-6H3,(H,27,31)/t17-/m1/s1. The lowest BCUT2D eigenvalue weighted by atomic mass is 10.1. The van der Waals surface area contributed by atoms with Crippen molar-refractivity contribution in [3.63, 3.8) is 0 Å². The molecule has 7 nitrogen and oxygen atoms in total. The summed E-state index contributed by atoms with van der Waals surface area (Å²) >= 11 is 0. The normalized spacial score (nSPS) is 18.2. The van der Waals surface area contributed by atoms with Crippen molar-refractivity contribution in [3.8, 4) is 5.75 Å². The highest BCUT2D eigenvalue weighted by Gasteiger charge is 2.30. The van der Waals surface area contributed by atoms with Crippen LogP contribution >= 0.6 is 0 Å². The summed E-state index contributed by atoms with van der Waals surface area (Å²) in [6, 6.07) is 11.9. The van der Waals surface area contributed by atoms with E-state index in [1.807, 2.05) is 51.0 Å². The molecule has 0 bridgehead atoms. The highest BCUT2D eigenvalue weighted by Crippen LogP contribution is 2.45. The van der Waals surface area contributed by atoms with Gasteiger partial charge in [0.15, 0.2) is 0 Å². The highest BCUT2D eigenvalue weighted by molar-refractivity contribution is 6.09. The highest BCUT2D eigenvalue weighted by atomic mass is 16.5. The van der Waals surface area contributed by atoms with Crippen LogP contribution in [0.3, 0.4) is 0 Å². The van der Waals surface area contributed by atoms with Crippen LogP contribution in [0.15, 0.2) is 48.8 Å². The van der Waals surface area contributed by atoms with E-state index < -0.39 is 0 Å². The molecule has 2 aliphatic heterocycles. The maximum absolute atomic E-state index is 13.4. The molecule has 2 aromatic rings. The average Bonchev–Trinajstić information content (AvgIpc) is 2.97. The molecule has 0 saturated carbocycles. The number of amides is 1. The molecule has 0 aliphatic carbocycles. The van der Waals surface area contributed by atoms with E-state index in [-0.39, 0.29) is 12.0 Å². The van der Waals surface area contributed by atoms with Gasteiger partial charge in [0, 0.05) is 39.8 Å². The third kappa shape index (κ3) is 4.00. The first-order valence-electron chi connectivity index (χ1n) is 11.2. The van der Waals surface area contributed by atoms with Gasteiger partial charge >= 0.3 is 0 Å². The number of nitrogens with zero attached hydrogens (tertiary/aromatic N) is 3. The Kier molecular flexibility index (Phi) is 6.02. The summed E-state index contributed by atoms with van der Waals surface area (Å²) in [6.45, 7) is 13.0. The van der Waals surface area contributed by atoms with Gasteiger partial charge in [-0.25, -0.2) is 0 Å². The van der Waals surface area contributed by atoms with Gasteiger partial charge in [-0.15, -0.1) is 0 Å². The monoisotopic (exact) mass is 435 g/mol. The SMILES string of the molecule is C=C1N(C)c2cc(NC(=O)c3ccccc3OC(C)C)c(N3CCNC[C@H]3C)cc2N1C. The van der Waals surface area contributed by atoms with Crippen LogP contribution in [-0.2, 0) is 0 Å². The van der Waals surface area contributed by atoms with E-state index in [4.69, 9.17) is 4.74 Å². The van der Waals surface area contributed by atoms with Gasteiger partial charge in [-0.2, -0.15) is 0 Å². The third-order valence-electron chi connectivity index (χ3n) is 6.14. The fourth-order valence-corrected chi connectivity index (χ4v) is 4.34. The summed E-state index contributed by atoms with van der Waals surface area (Å²) in [5.74, 6) is 1.31. The predicted octanol–water partition coefficient (Wildman–Crippen LogP) is 3.88. The minimum absolute atomic E-state index is 0.0172. The number of hydrogen-bond acceptors (Lipinski definition) is 6. The Morgan fingerprint density at radius 2 is 1.84 bits per heavy atom. The first kappa shape index (κ1) is 22.0. The number of benzene rings is 2. The first-order valence-corrected chi connectivity index (χ1v) is 11.2. The smallest absolute Gasteiger partial charge is 0.259 e. The van der Waals surface area contributed by atoms with Crippen molar-refractivity contribution in [1.82, 2.24) is 5.32 Å². The number of nitrogens with one attached hydrogen (secondary N) is 2. The fourth-order valence-electron chi connectivity index (χ4n) is 4.34. The second-order valence-electron chi connectivity index (χ2n) is 8.76. The first-order chi connectivity index (χ1) is 15.3. The number of carbonyl (C=O) groups is 1. The fraction of sp³-hybridized carbons (Fsp3) is 0.400. The van der Waals surface area contributed by atoms with Crippen molar-refractivity contribution < 1.29 is 9.53 Å². The van der Waals surface area contributed by atoms with E-state index in [1.54, 1.807) is 6.07 Å². The van der Waals surface area contributed by atoms with Gasteiger partial charge in [-0.1, -0.05) is 18.7 Å². The van der Waals surface area contributed by atoms with Crippen molar-refractivity contribution in [2.45, 2.75) is 32.9 Å². The van der Waals surface area contributed by atoms with Crippen molar-refractivity contribution in [1.29, 1.82) is 0 Å². The van der Waals surface area contributed by atoms with E-state index in [9.17, 15) is 4.79 Å². The quantitative estimate of drug-likeness (QED) is 0.743. The van der Waals surface area contributed by atoms with Crippen molar-refractivity contribution in [2.75, 3.05) is 53.7 Å². The summed E-state index contributed by atoms with van der Waals surface area (Å²) < 4.78 is 5.88. The van der Waals surface area contributed by atoms with Crippen molar-refractivity contribution in [3.05, 3.63) is 54.4 Å². The number of fused-ring (bicyclic) bond motifs is 1. The van der Waals surface area contributed by atoms with Crippen LogP contribution in [0.2, 0.25) is 0 Å². The summed E-state index contributed by atoms with van der Waals surface area (Å²) in [5.41, 5.74) is 4.43. The van der Waals surface area contributed by atoms with Gasteiger partial charge in [-0.05, 0) is 45.0 Å². The van der Waals surface area contributed by atoms with Crippen LogP contribution in [0.5, 0.6) is 5.75 Å². The lowest BCUT2D eigenvalue weighted by Gasteiger charge is -2.37. The van der Waals surface area contributed by atoms with E-state index in [1.165, 1.54) is 0 Å². The summed E-state index contributed by atoms with van der Waals surface area (Å²) in [4.78, 5) is 19.9. The molecule has 1 saturated heterocycles. The number of piperazine rings is 1. The Hall–Kier alpha value is -3.19. The van der Waals surface area contributed by atoms with Gasteiger partial charge in [0.1, 0.15) is 11.6 Å². The molecule has 2 aromatic carbocycles. The molecule has 32 heavy (non-hydrogen) atoms. The molecule has 4 rings (SSSR count). The zero-order chi connectivity index (χ0) is 23.0. The molecular weight excluding hydrogens is 402 g/mol. The Labute approximate surface area is 190 Å². The van der Waals surface area contributed by atoms with Gasteiger partial charge in [0.05, 0.1) is 34.4 Å². The molecule has 2 N–H and O–H groups in total. The van der Waals surface area contributed by atoms with Crippen LogP contribution < -0.4 is 30.1 Å². The molecule has 1 atom stereocenters. The number of hydrogen-bond donors (Lipinski definition) is 2. The largest absolute Gasteiger partial charge is 0.490 e. The van der Waals surface area contributed by atoms with E-state index in [0.717, 1.165) is 48.2 Å². The van der Waals surface area contributed by atoms with E-state index >= 15 is 0 Å². The van der Waals surface area contributed by atoms with Gasteiger partial charge in [0.2, 0.25) is 0 Å². The Balaban J connectivity index is 1.75. The zero-order valence-electron chi connectivity index (χ0n) is 19.6. The van der Waals surface area contributed by atoms with Gasteiger partial charge in [0.25, 0.3) is 5.91 Å². The lowest BCUT2D eigenvalue weighted by Crippen LogP contribution is -2.50. The zero-order valence-corrected chi connectivity index (χ0v) is 19.6. The van der Waals surface area contributed by atoms with Crippen molar-refractivity contribution in [2.24, 2.45) is 0 Å². The third-order valence-corrected chi connectivity index (χ3v) is 6.14. The Bertz CT molecular complexity index is 1030. The maximum atomic E-state index is 13.4. The minimum atomic E-state index is -0.182. The molecule has 1 fully saturated rings. The summed E-state index contributed by atoms with van der Waals surface area (Å²) in [7, 11) is 4.02. The van der Waals surface area contributed by atoms with Crippen LogP contribution in [0.25, 0.3) is 0 Å². The van der Waals surface area contributed by atoms with Crippen LogP contribution in [0.4, 0.5) is 22.7 Å². The second kappa shape index (κ2) is 8.74. The second-order valence-corrected chi connectivity index (χ2v) is 8.76. The summed E-state index contributed by atoms with van der Waals surface area (Å²) in [5, 5.41) is 6.63. The lowest BCUT2D eigenvalue weighted by molar-refractivity contribution is 0.102. The molecular formula is C25H33N5O2. The number of rotatable bonds is 5. The molecule has 0 unspecified atom stereocenters. The number of para-hydroxylation sites is 1. The maximum Gasteiger partial charge on any atom is 0.259 e. The van der Waals surface area contributed by atoms with Crippen LogP contribution in [-0.4, -0.2) is 51.8 Å². The van der Waals surface area contributed by atoms with Crippen LogP contribution in [0, 0.1) is 0 Å². The minimum Gasteiger partial charge on any atom is -0.490 e. The number of ether oxygens (including phenoxy) is 1. The molecule has 0 spiro atoms. The Morgan fingerprint density at radius 1 is 1.16 bits per heavy atom. The van der Waals surface area contributed by atoms with Gasteiger partial charge in [-0.3, -0.25) is 4.79 Å². The molecule has 7 heteroatoms. The molecule has 0 aromatic heterocycles. The van der Waals surface area contributed by atoms with Crippen molar-refractivity contribution >= 4 is 28.7 Å². The molecule has 2 aliphatic rings. The average molecular weight is 436 g/mol. The molecule has 2 heterocycles. The van der Waals surface area contributed by atoms with E-state index in [0.29, 0.717) is 17.4 Å². The van der Waals surface area contributed by atoms with E-state index in [2.05, 4.69) is 46.1 Å². The molecule has 1 amide bonds. The molecule has 170 valence electrons. The summed E-state index contributed by atoms with van der Waals surface area (Å²) in [6.07, 6.45) is -0.0172. The van der Waals surface area contributed by atoms with Gasteiger partial charge < -0.3 is 30.1 Å². The Morgan fingerprint density at radius 3 is 2.53 bits per heavy atom. The predicted molar refractivity (Wildman–Crippen MR) is 132 cm³/mol. The number of anilines is 4. The number of carbonyl (C=O) groups excluding carboxylic acids is 1. The molecule has 0 radical (unpaired) electrons.